The summed E-state index contributed by atoms with van der Waals surface area (Å²) in [7, 11) is 0. The average Bonchev–Trinajstić information content (AvgIpc) is 3.00. The number of likely N-dealkylation sites (tertiary alicyclic amines) is 1. The van der Waals surface area contributed by atoms with Crippen LogP contribution in [-0.2, 0) is 6.61 Å². The van der Waals surface area contributed by atoms with Gasteiger partial charge in [-0.25, -0.2) is 9.37 Å². The largest absolute Gasteiger partial charge is 0.473 e. The van der Waals surface area contributed by atoms with E-state index in [4.69, 9.17) is 32.1 Å². The summed E-state index contributed by atoms with van der Waals surface area (Å²) in [6.45, 7) is 12.8. The molecule has 232 valence electrons. The first kappa shape index (κ1) is 32.8. The molecule has 0 saturated carbocycles. The second kappa shape index (κ2) is 15.1. The number of hydrogen-bond acceptors (Lipinski definition) is 7. The highest BCUT2D eigenvalue weighted by Gasteiger charge is 2.25. The van der Waals surface area contributed by atoms with Crippen LogP contribution in [0.4, 0.5) is 10.1 Å². The summed E-state index contributed by atoms with van der Waals surface area (Å²) in [5.41, 5.74) is 4.54. The van der Waals surface area contributed by atoms with Crippen LogP contribution >= 0.6 is 11.6 Å². The second-order valence-electron chi connectivity index (χ2n) is 11.4. The Kier molecular flexibility index (Phi) is 11.3. The van der Waals surface area contributed by atoms with Gasteiger partial charge in [-0.1, -0.05) is 42.4 Å². The predicted molar refractivity (Wildman–Crippen MR) is 175 cm³/mol. The van der Waals surface area contributed by atoms with E-state index in [9.17, 15) is 9.18 Å². The molecule has 1 aliphatic heterocycles. The topological polar surface area (TPSA) is 96.6 Å². The number of aryl methyl sites for hydroxylation is 1. The molecule has 2 heterocycles. The molecular formula is C34H40ClFN6O2. The number of ether oxygens (including phenoxy) is 1. The van der Waals surface area contributed by atoms with Gasteiger partial charge >= 0.3 is 0 Å². The van der Waals surface area contributed by atoms with Crippen molar-refractivity contribution in [1.82, 2.24) is 14.8 Å². The van der Waals surface area contributed by atoms with Gasteiger partial charge in [0.25, 0.3) is 0 Å². The summed E-state index contributed by atoms with van der Waals surface area (Å²) in [6, 6.07) is 15.7. The molecule has 0 aliphatic carbocycles. The van der Waals surface area contributed by atoms with Crippen molar-refractivity contribution in [2.75, 3.05) is 31.1 Å². The van der Waals surface area contributed by atoms with Crippen LogP contribution in [0.15, 0.2) is 66.9 Å². The maximum Gasteiger partial charge on any atom is 0.213 e. The molecule has 2 aromatic carbocycles. The van der Waals surface area contributed by atoms with Crippen LogP contribution in [0, 0.1) is 23.6 Å². The molecule has 1 saturated heterocycles. The van der Waals surface area contributed by atoms with Crippen LogP contribution < -0.4 is 9.64 Å². The third-order valence-electron chi connectivity index (χ3n) is 7.90. The Morgan fingerprint density at radius 2 is 1.95 bits per heavy atom. The minimum atomic E-state index is -0.406. The van der Waals surface area contributed by atoms with Gasteiger partial charge in [-0.15, -0.1) is 0 Å². The number of nitrogens with zero attached hydrogens (tertiary/aromatic N) is 4. The van der Waals surface area contributed by atoms with Crippen LogP contribution in [0.2, 0.25) is 5.02 Å². The molecule has 4 rings (SSSR count). The van der Waals surface area contributed by atoms with Crippen LogP contribution in [0.5, 0.6) is 5.88 Å². The zero-order valence-corrected chi connectivity index (χ0v) is 26.3. The van der Waals surface area contributed by atoms with Crippen LogP contribution in [0.25, 0.3) is 0 Å². The fourth-order valence-electron chi connectivity index (χ4n) is 5.39. The van der Waals surface area contributed by atoms with Gasteiger partial charge in [-0.3, -0.25) is 20.5 Å². The molecule has 44 heavy (non-hydrogen) atoms. The van der Waals surface area contributed by atoms with E-state index in [0.717, 1.165) is 54.9 Å². The lowest BCUT2D eigenvalue weighted by molar-refractivity contribution is 0.112. The predicted octanol–water partition coefficient (Wildman–Crippen LogP) is 7.07. The molecule has 8 nitrogen and oxygen atoms in total. The highest BCUT2D eigenvalue weighted by molar-refractivity contribution is 6.30. The first-order valence-electron chi connectivity index (χ1n) is 14.7. The lowest BCUT2D eigenvalue weighted by Crippen LogP contribution is -2.44. The summed E-state index contributed by atoms with van der Waals surface area (Å²) < 4.78 is 20.0. The van der Waals surface area contributed by atoms with Crippen molar-refractivity contribution in [3.05, 3.63) is 100 Å². The molecule has 1 fully saturated rings. The molecule has 3 aromatic rings. The third kappa shape index (κ3) is 8.30. The number of rotatable bonds is 13. The van der Waals surface area contributed by atoms with Crippen molar-refractivity contribution >= 4 is 35.7 Å². The smallest absolute Gasteiger partial charge is 0.213 e. The molecule has 2 N–H and O–H groups in total. The van der Waals surface area contributed by atoms with Gasteiger partial charge in [0.05, 0.1) is 12.9 Å². The lowest BCUT2D eigenvalue weighted by atomic mass is 9.93. The number of piperidine rings is 1. The number of aromatic nitrogens is 1. The summed E-state index contributed by atoms with van der Waals surface area (Å²) in [5.74, 6) is 0.590. The van der Waals surface area contributed by atoms with Gasteiger partial charge in [0.1, 0.15) is 24.5 Å². The fraction of sp³-hybridized carbons (Fsp3) is 0.353. The number of amidine groups is 1. The quantitative estimate of drug-likeness (QED) is 0.121. The number of aldehydes is 1. The van der Waals surface area contributed by atoms with Crippen molar-refractivity contribution < 1.29 is 13.9 Å². The Morgan fingerprint density at radius 3 is 2.61 bits per heavy atom. The maximum atomic E-state index is 14.2. The average molecular weight is 619 g/mol. The lowest BCUT2D eigenvalue weighted by Gasteiger charge is -2.37. The van der Waals surface area contributed by atoms with Crippen LogP contribution in [-0.4, -0.2) is 65.5 Å². The van der Waals surface area contributed by atoms with Crippen molar-refractivity contribution in [1.29, 1.82) is 10.8 Å². The molecule has 0 radical (unpaired) electrons. The van der Waals surface area contributed by atoms with Gasteiger partial charge in [-0.2, -0.15) is 0 Å². The number of benzene rings is 2. The second-order valence-corrected chi connectivity index (χ2v) is 11.8. The van der Waals surface area contributed by atoms with E-state index in [0.29, 0.717) is 28.6 Å². The molecule has 0 bridgehead atoms. The Morgan fingerprint density at radius 1 is 1.20 bits per heavy atom. The Hall–Kier alpha value is -4.08. The maximum absolute atomic E-state index is 14.2. The molecule has 1 aliphatic rings. The zero-order chi connectivity index (χ0) is 31.8. The van der Waals surface area contributed by atoms with Crippen molar-refractivity contribution in [2.24, 2.45) is 0 Å². The summed E-state index contributed by atoms with van der Waals surface area (Å²) >= 11 is 5.85. The minimum Gasteiger partial charge on any atom is -0.473 e. The first-order valence-corrected chi connectivity index (χ1v) is 15.1. The van der Waals surface area contributed by atoms with E-state index in [1.54, 1.807) is 29.2 Å². The normalized spacial score (nSPS) is 13.9. The Bertz CT molecular complexity index is 1500. The number of hydrogen-bond donors (Lipinski definition) is 2. The number of halogens is 2. The Balaban J connectivity index is 1.41. The van der Waals surface area contributed by atoms with Gasteiger partial charge in [0, 0.05) is 57.8 Å². The summed E-state index contributed by atoms with van der Waals surface area (Å²) in [5, 5.41) is 16.9. The van der Waals surface area contributed by atoms with Crippen molar-refractivity contribution in [3.63, 3.8) is 0 Å². The van der Waals surface area contributed by atoms with E-state index in [2.05, 4.69) is 11.5 Å². The molecular weight excluding hydrogens is 579 g/mol. The molecule has 1 aromatic heterocycles. The number of carbonyl (C=O) groups is 1. The van der Waals surface area contributed by atoms with Crippen molar-refractivity contribution in [3.8, 4) is 5.88 Å². The van der Waals surface area contributed by atoms with Crippen LogP contribution in [0.3, 0.4) is 0 Å². The summed E-state index contributed by atoms with van der Waals surface area (Å²) in [6.07, 6.45) is 3.80. The molecule has 0 atom stereocenters. The number of carbonyl (C=O) groups excluding carboxylic acids is 1. The fourth-order valence-corrected chi connectivity index (χ4v) is 5.55. The first-order chi connectivity index (χ1) is 21.1. The van der Waals surface area contributed by atoms with Crippen LogP contribution in [0.1, 0.15) is 59.8 Å². The van der Waals surface area contributed by atoms with E-state index >= 15 is 0 Å². The summed E-state index contributed by atoms with van der Waals surface area (Å²) in [4.78, 5) is 22.2. The monoisotopic (exact) mass is 618 g/mol. The minimum absolute atomic E-state index is 0.0346. The van der Waals surface area contributed by atoms with E-state index in [-0.39, 0.29) is 30.9 Å². The highest BCUT2D eigenvalue weighted by atomic mass is 35.5. The third-order valence-corrected chi connectivity index (χ3v) is 8.14. The standard InChI is InChI=1S/C34H40ClFN6O2/c1-23(2)42(22-37)33(38)19-41(32-16-26(20-43)9-8-24(32)3)25(4)18-40-14-12-27(13-15-40)31-6-5-7-34(39-31)44-21-28-10-11-29(35)17-30(28)36/h5-11,16-17,20,22-23,27,37-38H,4,12-15,18-19,21H2,1-3H3. The highest BCUT2D eigenvalue weighted by Crippen LogP contribution is 2.30. The van der Waals surface area contributed by atoms with Gasteiger partial charge < -0.3 is 14.5 Å². The zero-order valence-electron chi connectivity index (χ0n) is 25.5. The number of pyridine rings is 1. The molecule has 0 unspecified atom stereocenters. The van der Waals surface area contributed by atoms with E-state index < -0.39 is 5.82 Å². The van der Waals surface area contributed by atoms with E-state index in [1.165, 1.54) is 12.4 Å². The number of nitrogens with one attached hydrogen (secondary N) is 2. The van der Waals surface area contributed by atoms with Gasteiger partial charge in [-0.05, 0) is 76.5 Å². The number of anilines is 1. The molecule has 0 amide bonds. The molecule has 0 spiro atoms. The van der Waals surface area contributed by atoms with Gasteiger partial charge in [0.15, 0.2) is 0 Å². The Labute approximate surface area is 264 Å². The van der Waals surface area contributed by atoms with E-state index in [1.807, 2.05) is 49.9 Å². The SMILES string of the molecule is C=C(CN1CCC(c2cccc(OCc3ccc(Cl)cc3F)n2)CC1)N(CC(=N)N(C=N)C(C)C)c1cc(C=O)ccc1C. The molecule has 10 heteroatoms. The van der Waals surface area contributed by atoms with Gasteiger partial charge in [0.2, 0.25) is 5.88 Å². The van der Waals surface area contributed by atoms with Crippen molar-refractivity contribution in [2.45, 2.75) is 52.2 Å².